The maximum absolute atomic E-state index is 5.28. The zero-order chi connectivity index (χ0) is 12.6. The summed E-state index contributed by atoms with van der Waals surface area (Å²) >= 11 is 0. The van der Waals surface area contributed by atoms with E-state index in [0.717, 1.165) is 32.2 Å². The second-order valence-corrected chi connectivity index (χ2v) is 5.54. The fraction of sp³-hybridized carbons (Fsp3) is 0.692. The lowest BCUT2D eigenvalue weighted by Crippen LogP contribution is -2.67. The molecule has 98 valence electrons. The Labute approximate surface area is 108 Å². The predicted octanol–water partition coefficient (Wildman–Crippen LogP) is 0.633. The van der Waals surface area contributed by atoms with Crippen LogP contribution < -0.4 is 4.90 Å². The third kappa shape index (κ3) is 1.87. The van der Waals surface area contributed by atoms with E-state index >= 15 is 0 Å². The first-order chi connectivity index (χ1) is 8.73. The smallest absolute Gasteiger partial charge is 0.225 e. The SMILES string of the molecule is COCC1CN(C)C2(C1)CN(c1ncccn1)C2. The first-order valence-corrected chi connectivity index (χ1v) is 6.46. The van der Waals surface area contributed by atoms with Crippen LogP contribution >= 0.6 is 0 Å². The van der Waals surface area contributed by atoms with E-state index in [0.29, 0.717) is 11.5 Å². The van der Waals surface area contributed by atoms with Gasteiger partial charge in [0.05, 0.1) is 12.1 Å². The molecule has 0 aromatic carbocycles. The molecule has 0 amide bonds. The van der Waals surface area contributed by atoms with E-state index in [4.69, 9.17) is 4.74 Å². The molecule has 2 aliphatic heterocycles. The lowest BCUT2D eigenvalue weighted by atomic mass is 9.85. The van der Waals surface area contributed by atoms with Crippen molar-refractivity contribution in [3.8, 4) is 0 Å². The summed E-state index contributed by atoms with van der Waals surface area (Å²) in [5.41, 5.74) is 0.322. The minimum atomic E-state index is 0.322. The van der Waals surface area contributed by atoms with Gasteiger partial charge in [0.2, 0.25) is 5.95 Å². The zero-order valence-corrected chi connectivity index (χ0v) is 11.0. The van der Waals surface area contributed by atoms with Crippen molar-refractivity contribution in [3.05, 3.63) is 18.5 Å². The topological polar surface area (TPSA) is 41.5 Å². The fourth-order valence-corrected chi connectivity index (χ4v) is 3.32. The molecule has 1 atom stereocenters. The van der Waals surface area contributed by atoms with Crippen LogP contribution in [0.2, 0.25) is 0 Å². The third-order valence-electron chi connectivity index (χ3n) is 4.22. The molecule has 3 heterocycles. The van der Waals surface area contributed by atoms with Gasteiger partial charge in [0, 0.05) is 39.1 Å². The summed E-state index contributed by atoms with van der Waals surface area (Å²) in [7, 11) is 4.01. The molecule has 2 saturated heterocycles. The van der Waals surface area contributed by atoms with Gasteiger partial charge < -0.3 is 9.64 Å². The molecule has 1 spiro atoms. The molecule has 0 bridgehead atoms. The molecule has 0 aliphatic carbocycles. The van der Waals surface area contributed by atoms with Crippen LogP contribution in [0.1, 0.15) is 6.42 Å². The van der Waals surface area contributed by atoms with E-state index in [1.807, 2.05) is 6.07 Å². The molecule has 0 saturated carbocycles. The molecule has 0 N–H and O–H groups in total. The highest BCUT2D eigenvalue weighted by molar-refractivity contribution is 5.38. The van der Waals surface area contributed by atoms with Crippen LogP contribution in [-0.2, 0) is 4.74 Å². The fourth-order valence-electron chi connectivity index (χ4n) is 3.32. The Balaban J connectivity index is 1.64. The second-order valence-electron chi connectivity index (χ2n) is 5.54. The monoisotopic (exact) mass is 248 g/mol. The quantitative estimate of drug-likeness (QED) is 0.785. The van der Waals surface area contributed by atoms with Gasteiger partial charge in [-0.25, -0.2) is 9.97 Å². The van der Waals surface area contributed by atoms with Gasteiger partial charge in [-0.3, -0.25) is 4.90 Å². The van der Waals surface area contributed by atoms with Crippen molar-refractivity contribution < 1.29 is 4.74 Å². The molecule has 3 rings (SSSR count). The summed E-state index contributed by atoms with van der Waals surface area (Å²) in [4.78, 5) is 13.4. The largest absolute Gasteiger partial charge is 0.384 e. The summed E-state index contributed by atoms with van der Waals surface area (Å²) in [5.74, 6) is 1.52. The van der Waals surface area contributed by atoms with E-state index < -0.39 is 0 Å². The molecule has 18 heavy (non-hydrogen) atoms. The van der Waals surface area contributed by atoms with Gasteiger partial charge in [-0.15, -0.1) is 0 Å². The molecule has 1 unspecified atom stereocenters. The molecular formula is C13H20N4O. The van der Waals surface area contributed by atoms with Crippen LogP contribution in [0.5, 0.6) is 0 Å². The Morgan fingerprint density at radius 3 is 2.78 bits per heavy atom. The summed E-state index contributed by atoms with van der Waals surface area (Å²) in [6.07, 6.45) is 4.83. The van der Waals surface area contributed by atoms with Crippen molar-refractivity contribution in [3.63, 3.8) is 0 Å². The Morgan fingerprint density at radius 1 is 1.39 bits per heavy atom. The van der Waals surface area contributed by atoms with Gasteiger partial charge in [-0.05, 0) is 25.5 Å². The van der Waals surface area contributed by atoms with Gasteiger partial charge in [-0.1, -0.05) is 0 Å². The van der Waals surface area contributed by atoms with E-state index in [-0.39, 0.29) is 0 Å². The van der Waals surface area contributed by atoms with Crippen LogP contribution in [0.4, 0.5) is 5.95 Å². The van der Waals surface area contributed by atoms with Crippen LogP contribution in [0.25, 0.3) is 0 Å². The second kappa shape index (κ2) is 4.48. The van der Waals surface area contributed by atoms with Crippen molar-refractivity contribution in [1.82, 2.24) is 14.9 Å². The van der Waals surface area contributed by atoms with E-state index in [1.165, 1.54) is 6.42 Å². The highest BCUT2D eigenvalue weighted by atomic mass is 16.5. The van der Waals surface area contributed by atoms with E-state index in [9.17, 15) is 0 Å². The molecule has 1 aromatic heterocycles. The Kier molecular flexibility index (Phi) is 2.95. The highest BCUT2D eigenvalue weighted by Crippen LogP contribution is 2.40. The predicted molar refractivity (Wildman–Crippen MR) is 69.6 cm³/mol. The molecule has 1 aromatic rings. The normalized spacial score (nSPS) is 26.6. The number of ether oxygens (including phenoxy) is 1. The number of rotatable bonds is 3. The Morgan fingerprint density at radius 2 is 2.11 bits per heavy atom. The van der Waals surface area contributed by atoms with Crippen LogP contribution in [0, 0.1) is 5.92 Å². The number of hydrogen-bond acceptors (Lipinski definition) is 5. The minimum Gasteiger partial charge on any atom is -0.384 e. The first-order valence-electron chi connectivity index (χ1n) is 6.46. The standard InChI is InChI=1S/C13H20N4O/c1-16-7-11(8-18-2)6-13(16)9-17(10-13)12-14-4-3-5-15-12/h3-5,11H,6-10H2,1-2H3. The minimum absolute atomic E-state index is 0.322. The number of likely N-dealkylation sites (tertiary alicyclic amines) is 1. The number of anilines is 1. The molecule has 5 heteroatoms. The summed E-state index contributed by atoms with van der Waals surface area (Å²) in [6, 6.07) is 1.86. The van der Waals surface area contributed by atoms with Crippen LogP contribution in [-0.4, -0.2) is 60.8 Å². The van der Waals surface area contributed by atoms with Crippen molar-refractivity contribution in [2.45, 2.75) is 12.0 Å². The number of likely N-dealkylation sites (N-methyl/N-ethyl adjacent to an activating group) is 1. The average Bonchev–Trinajstić information content (AvgIpc) is 2.66. The Hall–Kier alpha value is -1.20. The maximum atomic E-state index is 5.28. The highest BCUT2D eigenvalue weighted by Gasteiger charge is 2.52. The third-order valence-corrected chi connectivity index (χ3v) is 4.22. The molecular weight excluding hydrogens is 228 g/mol. The van der Waals surface area contributed by atoms with Gasteiger partial charge in [-0.2, -0.15) is 0 Å². The lowest BCUT2D eigenvalue weighted by Gasteiger charge is -2.51. The molecule has 5 nitrogen and oxygen atoms in total. The maximum Gasteiger partial charge on any atom is 0.225 e. The summed E-state index contributed by atoms with van der Waals surface area (Å²) in [5, 5.41) is 0. The van der Waals surface area contributed by atoms with E-state index in [1.54, 1.807) is 19.5 Å². The Bertz CT molecular complexity index is 405. The number of aromatic nitrogens is 2. The van der Waals surface area contributed by atoms with E-state index in [2.05, 4.69) is 26.8 Å². The van der Waals surface area contributed by atoms with Crippen LogP contribution in [0.3, 0.4) is 0 Å². The average molecular weight is 248 g/mol. The van der Waals surface area contributed by atoms with Gasteiger partial charge in [0.25, 0.3) is 0 Å². The first kappa shape index (κ1) is 11.9. The molecule has 2 fully saturated rings. The summed E-state index contributed by atoms with van der Waals surface area (Å²) in [6.45, 7) is 4.08. The lowest BCUT2D eigenvalue weighted by molar-refractivity contribution is 0.131. The summed E-state index contributed by atoms with van der Waals surface area (Å²) < 4.78 is 5.28. The van der Waals surface area contributed by atoms with Crippen molar-refractivity contribution in [2.24, 2.45) is 5.92 Å². The zero-order valence-electron chi connectivity index (χ0n) is 11.0. The molecule has 0 radical (unpaired) electrons. The van der Waals surface area contributed by atoms with Gasteiger partial charge in [0.1, 0.15) is 0 Å². The van der Waals surface area contributed by atoms with Crippen LogP contribution in [0.15, 0.2) is 18.5 Å². The number of methoxy groups -OCH3 is 1. The number of hydrogen-bond donors (Lipinski definition) is 0. The van der Waals surface area contributed by atoms with Crippen molar-refractivity contribution in [2.75, 3.05) is 45.3 Å². The van der Waals surface area contributed by atoms with Gasteiger partial charge in [0.15, 0.2) is 0 Å². The van der Waals surface area contributed by atoms with Gasteiger partial charge >= 0.3 is 0 Å². The number of nitrogens with zero attached hydrogens (tertiary/aromatic N) is 4. The molecule has 2 aliphatic rings. The van der Waals surface area contributed by atoms with Crippen molar-refractivity contribution in [1.29, 1.82) is 0 Å². The van der Waals surface area contributed by atoms with Crippen molar-refractivity contribution >= 4 is 5.95 Å².